The number of rotatable bonds is 4. The molecule has 2 fully saturated rings. The molecule has 1 amide bonds. The van der Waals surface area contributed by atoms with Gasteiger partial charge in [0.15, 0.2) is 0 Å². The third-order valence-electron chi connectivity index (χ3n) is 3.98. The predicted molar refractivity (Wildman–Crippen MR) is 73.0 cm³/mol. The molecular formula is C13H23F3N4O. The molecule has 1 N–H and O–H groups in total. The van der Waals surface area contributed by atoms with Crippen LogP contribution in [0.4, 0.5) is 13.2 Å². The molecule has 0 unspecified atom stereocenters. The van der Waals surface area contributed by atoms with E-state index in [2.05, 4.69) is 10.2 Å². The van der Waals surface area contributed by atoms with Gasteiger partial charge in [0.25, 0.3) is 0 Å². The average Bonchev–Trinajstić information content (AvgIpc) is 2.45. The fourth-order valence-corrected chi connectivity index (χ4v) is 2.75. The number of nitrogens with zero attached hydrogens (tertiary/aromatic N) is 3. The van der Waals surface area contributed by atoms with Gasteiger partial charge in [-0.15, -0.1) is 0 Å². The molecule has 8 heteroatoms. The normalized spacial score (nSPS) is 22.5. The third kappa shape index (κ3) is 5.80. The maximum absolute atomic E-state index is 12.3. The second kappa shape index (κ2) is 7.42. The van der Waals surface area contributed by atoms with Crippen LogP contribution in [-0.2, 0) is 4.79 Å². The molecule has 2 saturated heterocycles. The minimum Gasteiger partial charge on any atom is -0.340 e. The van der Waals surface area contributed by atoms with E-state index in [0.717, 1.165) is 26.2 Å². The van der Waals surface area contributed by atoms with Crippen LogP contribution in [0.5, 0.6) is 0 Å². The van der Waals surface area contributed by atoms with E-state index in [1.807, 2.05) is 4.90 Å². The highest BCUT2D eigenvalue weighted by Crippen LogP contribution is 2.17. The Morgan fingerprint density at radius 1 is 0.952 bits per heavy atom. The first-order chi connectivity index (χ1) is 9.94. The van der Waals surface area contributed by atoms with E-state index in [1.165, 1.54) is 4.90 Å². The van der Waals surface area contributed by atoms with E-state index < -0.39 is 12.7 Å². The molecule has 21 heavy (non-hydrogen) atoms. The zero-order valence-corrected chi connectivity index (χ0v) is 12.2. The number of hydrogen-bond donors (Lipinski definition) is 1. The monoisotopic (exact) mass is 308 g/mol. The second-order valence-electron chi connectivity index (χ2n) is 5.61. The maximum atomic E-state index is 12.3. The molecule has 0 aromatic heterocycles. The molecule has 2 heterocycles. The van der Waals surface area contributed by atoms with Crippen LogP contribution in [0.2, 0.25) is 0 Å². The van der Waals surface area contributed by atoms with Crippen molar-refractivity contribution in [2.24, 2.45) is 0 Å². The van der Waals surface area contributed by atoms with Gasteiger partial charge in [-0.3, -0.25) is 9.69 Å². The number of hydrogen-bond acceptors (Lipinski definition) is 4. The van der Waals surface area contributed by atoms with E-state index in [0.29, 0.717) is 39.1 Å². The van der Waals surface area contributed by atoms with Gasteiger partial charge in [0.1, 0.15) is 0 Å². The van der Waals surface area contributed by atoms with Gasteiger partial charge in [-0.05, 0) is 0 Å². The number of halogens is 3. The quantitative estimate of drug-likeness (QED) is 0.793. The average molecular weight is 308 g/mol. The lowest BCUT2D eigenvalue weighted by molar-refractivity contribution is -0.149. The SMILES string of the molecule is O=C(CCN1CCN(CC(F)(F)F)CC1)N1CCNCC1. The standard InChI is InChI=1S/C13H23F3N4O/c14-13(15,16)11-19-9-7-18(8-10-19)4-1-12(21)20-5-2-17-3-6-20/h17H,1-11H2. The Bertz CT molecular complexity index is 337. The summed E-state index contributed by atoms with van der Waals surface area (Å²) < 4.78 is 36.9. The zero-order valence-electron chi connectivity index (χ0n) is 12.2. The first-order valence-corrected chi connectivity index (χ1v) is 7.44. The molecule has 0 aromatic carbocycles. The van der Waals surface area contributed by atoms with Crippen LogP contribution < -0.4 is 5.32 Å². The molecule has 0 bridgehead atoms. The first kappa shape index (κ1) is 16.5. The Kier molecular flexibility index (Phi) is 5.83. The van der Waals surface area contributed by atoms with Crippen molar-refractivity contribution in [1.29, 1.82) is 0 Å². The van der Waals surface area contributed by atoms with E-state index in [9.17, 15) is 18.0 Å². The second-order valence-corrected chi connectivity index (χ2v) is 5.61. The van der Waals surface area contributed by atoms with Crippen molar-refractivity contribution in [3.63, 3.8) is 0 Å². The molecule has 0 saturated carbocycles. The zero-order chi connectivity index (χ0) is 15.3. The van der Waals surface area contributed by atoms with Gasteiger partial charge in [-0.1, -0.05) is 0 Å². The predicted octanol–water partition coefficient (Wildman–Crippen LogP) is -0.0118. The van der Waals surface area contributed by atoms with Crippen LogP contribution in [0, 0.1) is 0 Å². The summed E-state index contributed by atoms with van der Waals surface area (Å²) in [5.41, 5.74) is 0. The summed E-state index contributed by atoms with van der Waals surface area (Å²) in [5, 5.41) is 3.20. The highest BCUT2D eigenvalue weighted by molar-refractivity contribution is 5.76. The number of amides is 1. The highest BCUT2D eigenvalue weighted by Gasteiger charge is 2.32. The highest BCUT2D eigenvalue weighted by atomic mass is 19.4. The Morgan fingerprint density at radius 3 is 2.10 bits per heavy atom. The van der Waals surface area contributed by atoms with Gasteiger partial charge in [0.2, 0.25) is 5.91 Å². The molecule has 0 atom stereocenters. The van der Waals surface area contributed by atoms with Crippen LogP contribution in [0.25, 0.3) is 0 Å². The van der Waals surface area contributed by atoms with Crippen molar-refractivity contribution in [1.82, 2.24) is 20.0 Å². The van der Waals surface area contributed by atoms with E-state index in [4.69, 9.17) is 0 Å². The van der Waals surface area contributed by atoms with E-state index >= 15 is 0 Å². The number of carbonyl (C=O) groups is 1. The minimum atomic E-state index is -4.12. The number of nitrogens with one attached hydrogen (secondary N) is 1. The van der Waals surface area contributed by atoms with E-state index in [-0.39, 0.29) is 5.91 Å². The van der Waals surface area contributed by atoms with Crippen LogP contribution >= 0.6 is 0 Å². The van der Waals surface area contributed by atoms with Crippen LogP contribution in [0.3, 0.4) is 0 Å². The smallest absolute Gasteiger partial charge is 0.340 e. The van der Waals surface area contributed by atoms with Gasteiger partial charge in [-0.25, -0.2) is 0 Å². The summed E-state index contributed by atoms with van der Waals surface area (Å²) in [4.78, 5) is 17.4. The first-order valence-electron chi connectivity index (χ1n) is 7.44. The molecule has 0 aliphatic carbocycles. The van der Waals surface area contributed by atoms with Gasteiger partial charge in [-0.2, -0.15) is 13.2 Å². The maximum Gasteiger partial charge on any atom is 0.401 e. The lowest BCUT2D eigenvalue weighted by Crippen LogP contribution is -2.50. The largest absolute Gasteiger partial charge is 0.401 e. The number of carbonyl (C=O) groups excluding carboxylic acids is 1. The summed E-state index contributed by atoms with van der Waals surface area (Å²) in [5.74, 6) is 0.147. The Labute approximate surface area is 123 Å². The molecule has 5 nitrogen and oxygen atoms in total. The molecular weight excluding hydrogens is 285 g/mol. The van der Waals surface area contributed by atoms with Crippen LogP contribution in [0.15, 0.2) is 0 Å². The third-order valence-corrected chi connectivity index (χ3v) is 3.98. The fraction of sp³-hybridized carbons (Fsp3) is 0.923. The number of alkyl halides is 3. The summed E-state index contributed by atoms with van der Waals surface area (Å²) in [6, 6.07) is 0. The van der Waals surface area contributed by atoms with Crippen molar-refractivity contribution in [3.8, 4) is 0 Å². The summed E-state index contributed by atoms with van der Waals surface area (Å²) >= 11 is 0. The molecule has 2 aliphatic rings. The number of piperazine rings is 2. The van der Waals surface area contributed by atoms with Gasteiger partial charge < -0.3 is 15.1 Å². The molecule has 0 spiro atoms. The van der Waals surface area contributed by atoms with Crippen molar-refractivity contribution in [3.05, 3.63) is 0 Å². The molecule has 0 radical (unpaired) electrons. The lowest BCUT2D eigenvalue weighted by atomic mass is 10.2. The van der Waals surface area contributed by atoms with Crippen molar-refractivity contribution < 1.29 is 18.0 Å². The minimum absolute atomic E-state index is 0.147. The van der Waals surface area contributed by atoms with Gasteiger partial charge >= 0.3 is 6.18 Å². The van der Waals surface area contributed by atoms with Crippen molar-refractivity contribution >= 4 is 5.91 Å². The van der Waals surface area contributed by atoms with Crippen molar-refractivity contribution in [2.75, 3.05) is 65.4 Å². The van der Waals surface area contributed by atoms with Gasteiger partial charge in [0, 0.05) is 65.3 Å². The molecule has 122 valence electrons. The lowest BCUT2D eigenvalue weighted by Gasteiger charge is -2.35. The summed E-state index contributed by atoms with van der Waals surface area (Å²) in [7, 11) is 0. The molecule has 2 aliphatic heterocycles. The molecule has 0 aromatic rings. The van der Waals surface area contributed by atoms with Crippen LogP contribution in [-0.4, -0.2) is 92.2 Å². The molecule has 2 rings (SSSR count). The van der Waals surface area contributed by atoms with E-state index in [1.54, 1.807) is 0 Å². The summed E-state index contributed by atoms with van der Waals surface area (Å²) in [6.45, 7) is 5.02. The Morgan fingerprint density at radius 2 is 1.52 bits per heavy atom. The van der Waals surface area contributed by atoms with Crippen molar-refractivity contribution in [2.45, 2.75) is 12.6 Å². The van der Waals surface area contributed by atoms with Gasteiger partial charge in [0.05, 0.1) is 6.54 Å². The Hall–Kier alpha value is -0.860. The summed E-state index contributed by atoms with van der Waals surface area (Å²) in [6.07, 6.45) is -3.67. The fourth-order valence-electron chi connectivity index (χ4n) is 2.75. The van der Waals surface area contributed by atoms with Crippen LogP contribution in [0.1, 0.15) is 6.42 Å². The Balaban J connectivity index is 1.63. The topological polar surface area (TPSA) is 38.8 Å².